The number of rotatable bonds is 5. The standard InChI is InChI=1S/C14H19ClN2O2/c1-10(11-4-2-3-5-11)16-9-12-6-7-13(17(18)19)8-14(12)15/h6-8,10-11,16H,2-5,9H2,1H3/t10-/m0/s1. The minimum absolute atomic E-state index is 0.0394. The van der Waals surface area contributed by atoms with Crippen molar-refractivity contribution in [2.75, 3.05) is 0 Å². The van der Waals surface area contributed by atoms with Crippen molar-refractivity contribution >= 4 is 17.3 Å². The van der Waals surface area contributed by atoms with Crippen LogP contribution in [-0.4, -0.2) is 11.0 Å². The van der Waals surface area contributed by atoms with Gasteiger partial charge in [-0.15, -0.1) is 0 Å². The summed E-state index contributed by atoms with van der Waals surface area (Å²) in [5, 5.41) is 14.6. The molecule has 4 nitrogen and oxygen atoms in total. The second kappa shape index (κ2) is 6.35. The molecule has 1 aliphatic rings. The minimum Gasteiger partial charge on any atom is -0.310 e. The molecule has 0 radical (unpaired) electrons. The first-order chi connectivity index (χ1) is 9.08. The first-order valence-corrected chi connectivity index (χ1v) is 7.12. The Balaban J connectivity index is 1.93. The lowest BCUT2D eigenvalue weighted by Gasteiger charge is -2.20. The zero-order valence-electron chi connectivity index (χ0n) is 11.1. The molecule has 1 atom stereocenters. The molecule has 2 rings (SSSR count). The molecule has 1 fully saturated rings. The van der Waals surface area contributed by atoms with Gasteiger partial charge in [0, 0.05) is 24.7 Å². The molecule has 1 aromatic carbocycles. The molecule has 0 aliphatic heterocycles. The van der Waals surface area contributed by atoms with Gasteiger partial charge >= 0.3 is 0 Å². The van der Waals surface area contributed by atoms with E-state index in [-0.39, 0.29) is 5.69 Å². The molecule has 0 aromatic heterocycles. The van der Waals surface area contributed by atoms with E-state index in [0.717, 1.165) is 11.5 Å². The fourth-order valence-corrected chi connectivity index (χ4v) is 2.93. The van der Waals surface area contributed by atoms with Crippen LogP contribution in [0.1, 0.15) is 38.2 Å². The van der Waals surface area contributed by atoms with Gasteiger partial charge in [-0.3, -0.25) is 10.1 Å². The fraction of sp³-hybridized carbons (Fsp3) is 0.571. The van der Waals surface area contributed by atoms with Crippen molar-refractivity contribution in [3.8, 4) is 0 Å². The summed E-state index contributed by atoms with van der Waals surface area (Å²) < 4.78 is 0. The predicted molar refractivity (Wildman–Crippen MR) is 76.4 cm³/mol. The van der Waals surface area contributed by atoms with Crippen molar-refractivity contribution in [3.63, 3.8) is 0 Å². The first kappa shape index (κ1) is 14.3. The summed E-state index contributed by atoms with van der Waals surface area (Å²) in [6, 6.07) is 5.12. The van der Waals surface area contributed by atoms with Gasteiger partial charge in [-0.2, -0.15) is 0 Å². The predicted octanol–water partition coefficient (Wildman–Crippen LogP) is 3.92. The van der Waals surface area contributed by atoms with Gasteiger partial charge in [0.1, 0.15) is 0 Å². The minimum atomic E-state index is -0.426. The highest BCUT2D eigenvalue weighted by Crippen LogP contribution is 2.28. The molecule has 0 spiro atoms. The van der Waals surface area contributed by atoms with E-state index in [2.05, 4.69) is 12.2 Å². The van der Waals surface area contributed by atoms with Crippen molar-refractivity contribution in [3.05, 3.63) is 38.9 Å². The van der Waals surface area contributed by atoms with Gasteiger partial charge in [0.15, 0.2) is 0 Å². The second-order valence-electron chi connectivity index (χ2n) is 5.25. The van der Waals surface area contributed by atoms with Crippen LogP contribution < -0.4 is 5.32 Å². The summed E-state index contributed by atoms with van der Waals surface area (Å²) in [4.78, 5) is 10.2. The Morgan fingerprint density at radius 1 is 1.47 bits per heavy atom. The van der Waals surface area contributed by atoms with Crippen molar-refractivity contribution in [2.24, 2.45) is 5.92 Å². The molecule has 1 saturated carbocycles. The van der Waals surface area contributed by atoms with Gasteiger partial charge in [-0.25, -0.2) is 0 Å². The lowest BCUT2D eigenvalue weighted by Crippen LogP contribution is -2.31. The van der Waals surface area contributed by atoms with E-state index in [0.29, 0.717) is 17.6 Å². The Bertz CT molecular complexity index is 459. The molecule has 1 aliphatic carbocycles. The van der Waals surface area contributed by atoms with Gasteiger partial charge in [-0.1, -0.05) is 24.4 Å². The highest BCUT2D eigenvalue weighted by Gasteiger charge is 2.21. The van der Waals surface area contributed by atoms with E-state index in [1.807, 2.05) is 0 Å². The summed E-state index contributed by atoms with van der Waals surface area (Å²) >= 11 is 6.07. The number of benzene rings is 1. The normalized spacial score (nSPS) is 17.6. The van der Waals surface area contributed by atoms with Crippen molar-refractivity contribution < 1.29 is 4.92 Å². The number of nitro benzene ring substituents is 1. The van der Waals surface area contributed by atoms with E-state index in [9.17, 15) is 10.1 Å². The molecule has 0 heterocycles. The molecule has 0 bridgehead atoms. The molecule has 0 amide bonds. The molecular formula is C14H19ClN2O2. The van der Waals surface area contributed by atoms with Crippen molar-refractivity contribution in [1.82, 2.24) is 5.32 Å². The van der Waals surface area contributed by atoms with Crippen molar-refractivity contribution in [1.29, 1.82) is 0 Å². The lowest BCUT2D eigenvalue weighted by atomic mass is 9.99. The zero-order valence-corrected chi connectivity index (χ0v) is 11.8. The molecule has 0 saturated heterocycles. The van der Waals surface area contributed by atoms with Crippen LogP contribution >= 0.6 is 11.6 Å². The number of hydrogen-bond acceptors (Lipinski definition) is 3. The number of hydrogen-bond donors (Lipinski definition) is 1. The first-order valence-electron chi connectivity index (χ1n) is 6.74. The average Bonchev–Trinajstić information content (AvgIpc) is 2.90. The van der Waals surface area contributed by atoms with E-state index in [1.54, 1.807) is 6.07 Å². The van der Waals surface area contributed by atoms with Gasteiger partial charge < -0.3 is 5.32 Å². The number of nitro groups is 1. The largest absolute Gasteiger partial charge is 0.310 e. The van der Waals surface area contributed by atoms with E-state index < -0.39 is 4.92 Å². The number of nitrogens with zero attached hydrogens (tertiary/aromatic N) is 1. The smallest absolute Gasteiger partial charge is 0.270 e. The summed E-state index contributed by atoms with van der Waals surface area (Å²) in [6.07, 6.45) is 5.24. The van der Waals surface area contributed by atoms with E-state index >= 15 is 0 Å². The van der Waals surface area contributed by atoms with Crippen LogP contribution in [0.4, 0.5) is 5.69 Å². The van der Waals surface area contributed by atoms with E-state index in [1.165, 1.54) is 37.8 Å². The molecule has 5 heteroatoms. The highest BCUT2D eigenvalue weighted by molar-refractivity contribution is 6.31. The highest BCUT2D eigenvalue weighted by atomic mass is 35.5. The number of nitrogens with one attached hydrogen (secondary N) is 1. The molecule has 0 unspecified atom stereocenters. The molecule has 1 aromatic rings. The Hall–Kier alpha value is -1.13. The van der Waals surface area contributed by atoms with Crippen LogP contribution in [0.15, 0.2) is 18.2 Å². The topological polar surface area (TPSA) is 55.2 Å². The van der Waals surface area contributed by atoms with Crippen molar-refractivity contribution in [2.45, 2.75) is 45.2 Å². The third-order valence-electron chi connectivity index (χ3n) is 3.97. The fourth-order valence-electron chi connectivity index (χ4n) is 2.69. The monoisotopic (exact) mass is 282 g/mol. The Kier molecular flexibility index (Phi) is 4.77. The van der Waals surface area contributed by atoms with Crippen LogP contribution in [-0.2, 0) is 6.54 Å². The quantitative estimate of drug-likeness (QED) is 0.658. The Morgan fingerprint density at radius 2 is 2.16 bits per heavy atom. The third-order valence-corrected chi connectivity index (χ3v) is 4.32. The maximum atomic E-state index is 10.6. The number of non-ortho nitro benzene ring substituents is 1. The Labute approximate surface area is 118 Å². The van der Waals surface area contributed by atoms with Gasteiger partial charge in [0.2, 0.25) is 0 Å². The number of halogens is 1. The van der Waals surface area contributed by atoms with Gasteiger partial charge in [0.05, 0.1) is 9.95 Å². The van der Waals surface area contributed by atoms with Crippen LogP contribution in [0.25, 0.3) is 0 Å². The van der Waals surface area contributed by atoms with Crippen LogP contribution in [0, 0.1) is 16.0 Å². The third kappa shape index (κ3) is 3.67. The molecule has 19 heavy (non-hydrogen) atoms. The summed E-state index contributed by atoms with van der Waals surface area (Å²) in [7, 11) is 0. The SMILES string of the molecule is C[C@H](NCc1ccc([N+](=O)[O-])cc1Cl)C1CCCC1. The maximum absolute atomic E-state index is 10.6. The van der Waals surface area contributed by atoms with Crippen LogP contribution in [0.3, 0.4) is 0 Å². The van der Waals surface area contributed by atoms with Crippen LogP contribution in [0.2, 0.25) is 5.02 Å². The zero-order chi connectivity index (χ0) is 13.8. The molecule has 104 valence electrons. The summed E-state index contributed by atoms with van der Waals surface area (Å²) in [6.45, 7) is 2.86. The van der Waals surface area contributed by atoms with Crippen LogP contribution in [0.5, 0.6) is 0 Å². The maximum Gasteiger partial charge on any atom is 0.270 e. The summed E-state index contributed by atoms with van der Waals surface area (Å²) in [5.41, 5.74) is 0.953. The van der Waals surface area contributed by atoms with E-state index in [4.69, 9.17) is 11.6 Å². The van der Waals surface area contributed by atoms with Gasteiger partial charge in [0.25, 0.3) is 5.69 Å². The van der Waals surface area contributed by atoms with Gasteiger partial charge in [-0.05, 0) is 37.3 Å². The lowest BCUT2D eigenvalue weighted by molar-refractivity contribution is -0.384. The molecular weight excluding hydrogens is 264 g/mol. The average molecular weight is 283 g/mol. The summed E-state index contributed by atoms with van der Waals surface area (Å²) in [5.74, 6) is 0.747. The second-order valence-corrected chi connectivity index (χ2v) is 5.65. The Morgan fingerprint density at radius 3 is 2.74 bits per heavy atom. The molecule has 1 N–H and O–H groups in total.